The smallest absolute Gasteiger partial charge is 0.356 e. The Kier molecular flexibility index (Phi) is 9.26. The molecule has 15 heteroatoms. The molecule has 3 aliphatic rings. The van der Waals surface area contributed by atoms with E-state index in [4.69, 9.17) is 0 Å². The summed E-state index contributed by atoms with van der Waals surface area (Å²) in [5.74, 6) is -5.25. The number of amides is 4. The van der Waals surface area contributed by atoms with Crippen molar-refractivity contribution in [2.75, 3.05) is 19.3 Å². The third kappa shape index (κ3) is 7.32. The fourth-order valence-electron chi connectivity index (χ4n) is 5.79. The third-order valence-electron chi connectivity index (χ3n) is 7.80. The minimum Gasteiger partial charge on any atom is -0.356 e. The number of fused-ring (bicyclic) bond motifs is 1. The van der Waals surface area contributed by atoms with Crippen molar-refractivity contribution in [1.82, 2.24) is 20.9 Å². The molecule has 2 saturated heterocycles. The lowest BCUT2D eigenvalue weighted by atomic mass is 9.85. The molecule has 0 unspecified atom stereocenters. The van der Waals surface area contributed by atoms with Gasteiger partial charge in [-0.25, -0.2) is 8.42 Å². The largest absolute Gasteiger partial charge is 0.471 e. The first kappa shape index (κ1) is 31.8. The number of nitrogens with zero attached hydrogens (tertiary/aromatic N) is 1. The van der Waals surface area contributed by atoms with Gasteiger partial charge in [0.05, 0.1) is 6.04 Å². The molecule has 2 heterocycles. The molecule has 0 bridgehead atoms. The van der Waals surface area contributed by atoms with Crippen molar-refractivity contribution in [3.05, 3.63) is 11.2 Å². The van der Waals surface area contributed by atoms with Gasteiger partial charge in [0.25, 0.3) is 0 Å². The first-order chi connectivity index (χ1) is 18.3. The molecule has 0 aromatic carbocycles. The van der Waals surface area contributed by atoms with E-state index >= 15 is 0 Å². The molecule has 1 aliphatic carbocycles. The number of likely N-dealkylation sites (tertiary alicyclic amines) is 1. The first-order valence-electron chi connectivity index (χ1n) is 13.1. The molecule has 3 N–H and O–H groups in total. The fraction of sp³-hybridized carbons (Fsp3) is 0.760. The van der Waals surface area contributed by atoms with Crippen LogP contribution in [-0.2, 0) is 29.0 Å². The molecule has 6 atom stereocenters. The maximum Gasteiger partial charge on any atom is 0.471 e. The summed E-state index contributed by atoms with van der Waals surface area (Å²) in [5, 5.41) is 5.50. The minimum atomic E-state index is -5.22. The molecule has 226 valence electrons. The van der Waals surface area contributed by atoms with Gasteiger partial charge in [-0.05, 0) is 49.0 Å². The van der Waals surface area contributed by atoms with Gasteiger partial charge in [-0.1, -0.05) is 27.2 Å². The lowest BCUT2D eigenvalue weighted by molar-refractivity contribution is -0.176. The van der Waals surface area contributed by atoms with Crippen molar-refractivity contribution in [2.45, 2.75) is 77.2 Å². The zero-order valence-electron chi connectivity index (χ0n) is 22.8. The zero-order chi connectivity index (χ0) is 30.2. The summed E-state index contributed by atoms with van der Waals surface area (Å²) in [5.41, 5.74) is -1.14. The van der Waals surface area contributed by atoms with Crippen molar-refractivity contribution in [3.63, 3.8) is 0 Å². The number of carbonyl (C=O) groups excluding carboxylic acids is 4. The van der Waals surface area contributed by atoms with Crippen molar-refractivity contribution >= 4 is 33.5 Å². The number of hydrogen-bond donors (Lipinski definition) is 3. The maximum absolute atomic E-state index is 14.5. The van der Waals surface area contributed by atoms with Crippen LogP contribution in [0.2, 0.25) is 0 Å². The predicted octanol–water partition coefficient (Wildman–Crippen LogP) is 1.57. The number of carbonyl (C=O) groups is 4. The van der Waals surface area contributed by atoms with E-state index in [1.54, 1.807) is 5.32 Å². The average Bonchev–Trinajstić information content (AvgIpc) is 3.50. The van der Waals surface area contributed by atoms with Crippen molar-refractivity contribution < 1.29 is 45.2 Å². The van der Waals surface area contributed by atoms with Crippen LogP contribution in [0, 0.1) is 23.2 Å². The minimum absolute atomic E-state index is 0.0826. The van der Waals surface area contributed by atoms with Gasteiger partial charge in [0.2, 0.25) is 32.7 Å². The monoisotopic (exact) mass is 596 g/mol. The summed E-state index contributed by atoms with van der Waals surface area (Å²) in [7, 11) is -4.24. The van der Waals surface area contributed by atoms with Crippen molar-refractivity contribution in [1.29, 1.82) is 0 Å². The van der Waals surface area contributed by atoms with Gasteiger partial charge < -0.3 is 20.9 Å². The molecule has 0 spiro atoms. The van der Waals surface area contributed by atoms with Gasteiger partial charge in [-0.2, -0.15) is 17.6 Å². The molecule has 1 saturated carbocycles. The van der Waals surface area contributed by atoms with E-state index in [1.165, 1.54) is 25.7 Å². The Morgan fingerprint density at radius 2 is 1.77 bits per heavy atom. The Bertz CT molecular complexity index is 1170. The topological polar surface area (TPSA) is 142 Å². The molecule has 0 radical (unpaired) electrons. The van der Waals surface area contributed by atoms with Gasteiger partial charge in [0, 0.05) is 25.3 Å². The number of halogens is 4. The Hall–Kier alpha value is -2.71. The molecule has 4 amide bonds. The Morgan fingerprint density at radius 3 is 2.30 bits per heavy atom. The number of nitrogens with one attached hydrogen (secondary N) is 3. The van der Waals surface area contributed by atoms with Crippen LogP contribution in [-0.4, -0.2) is 80.6 Å². The maximum atomic E-state index is 14.5. The molecule has 3 rings (SSSR count). The summed E-state index contributed by atoms with van der Waals surface area (Å²) in [6, 6.07) is -3.95. The highest BCUT2D eigenvalue weighted by Gasteiger charge is 2.53. The van der Waals surface area contributed by atoms with E-state index in [0.717, 1.165) is 6.42 Å². The van der Waals surface area contributed by atoms with Gasteiger partial charge in [-0.15, -0.1) is 0 Å². The highest BCUT2D eigenvalue weighted by Crippen LogP contribution is 2.43. The highest BCUT2D eigenvalue weighted by molar-refractivity contribution is 7.94. The molecular weight excluding hydrogens is 560 g/mol. The molecule has 2 aliphatic heterocycles. The van der Waals surface area contributed by atoms with Crippen LogP contribution >= 0.6 is 0 Å². The van der Waals surface area contributed by atoms with Gasteiger partial charge in [-0.3, -0.25) is 19.2 Å². The zero-order valence-corrected chi connectivity index (χ0v) is 23.6. The average molecular weight is 597 g/mol. The number of hydrogen-bond acceptors (Lipinski definition) is 6. The van der Waals surface area contributed by atoms with E-state index in [2.05, 4.69) is 10.6 Å². The van der Waals surface area contributed by atoms with Crippen LogP contribution in [0.15, 0.2) is 11.2 Å². The van der Waals surface area contributed by atoms with Crippen LogP contribution in [0.3, 0.4) is 0 Å². The van der Waals surface area contributed by atoms with Crippen LogP contribution in [0.4, 0.5) is 17.6 Å². The van der Waals surface area contributed by atoms with Crippen molar-refractivity contribution in [2.24, 2.45) is 23.2 Å². The fourth-order valence-corrected chi connectivity index (χ4v) is 6.20. The Morgan fingerprint density at radius 1 is 1.12 bits per heavy atom. The van der Waals surface area contributed by atoms with Crippen molar-refractivity contribution in [3.8, 4) is 0 Å². The van der Waals surface area contributed by atoms with E-state index in [1.807, 2.05) is 0 Å². The number of sulfone groups is 1. The Labute approximate surface area is 230 Å². The van der Waals surface area contributed by atoms with E-state index < -0.39 is 68.4 Å². The quantitative estimate of drug-likeness (QED) is 0.364. The van der Waals surface area contributed by atoms with E-state index in [9.17, 15) is 45.2 Å². The standard InChI is InChI=1S/C25H36F4N4O6S/c1-24(2,3)19(32-23(37)25(27,28)29)22(36)33-12-14-6-5-7-16(14)18(33)21(35)31-15(11-17(26)40(4,38)39)10-13-8-9-30-20(13)34/h11,13-16,18-19H,5-10,12H2,1-4H3,(H,30,34)(H,31,35)(H,32,37)/b17-11+/t13-,14+,15-,16+,18+,19+/m0/s1. The van der Waals surface area contributed by atoms with E-state index in [-0.39, 0.29) is 30.7 Å². The summed E-state index contributed by atoms with van der Waals surface area (Å²) in [6.07, 6.45) is -1.55. The Balaban J connectivity index is 1.91. The van der Waals surface area contributed by atoms with Crippen LogP contribution in [0.25, 0.3) is 0 Å². The molecule has 40 heavy (non-hydrogen) atoms. The summed E-state index contributed by atoms with van der Waals surface area (Å²) in [6.45, 7) is 4.91. The molecule has 0 aromatic heterocycles. The van der Waals surface area contributed by atoms with Gasteiger partial charge in [0.15, 0.2) is 0 Å². The van der Waals surface area contributed by atoms with Crippen LogP contribution < -0.4 is 16.0 Å². The van der Waals surface area contributed by atoms with Crippen LogP contribution in [0.1, 0.15) is 52.9 Å². The molecule has 10 nitrogen and oxygen atoms in total. The second kappa shape index (κ2) is 11.6. The lowest BCUT2D eigenvalue weighted by Crippen LogP contribution is -2.60. The summed E-state index contributed by atoms with van der Waals surface area (Å²) in [4.78, 5) is 52.4. The number of rotatable bonds is 8. The van der Waals surface area contributed by atoms with E-state index in [0.29, 0.717) is 38.1 Å². The second-order valence-corrected chi connectivity index (χ2v) is 13.9. The second-order valence-electron chi connectivity index (χ2n) is 11.9. The highest BCUT2D eigenvalue weighted by atomic mass is 32.2. The SMILES string of the molecule is CC(C)(C)[C@H](NC(=O)C(F)(F)F)C(=O)N1C[C@H]2CCC[C@H]2[C@@H]1C(=O)N[C@H](/C=C(\F)S(C)(=O)=O)C[C@@H]1CCNC1=O. The third-order valence-corrected chi connectivity index (χ3v) is 8.65. The predicted molar refractivity (Wildman–Crippen MR) is 135 cm³/mol. The molecule has 3 fully saturated rings. The number of alkyl halides is 3. The summed E-state index contributed by atoms with van der Waals surface area (Å²) >= 11 is 0. The normalized spacial score (nSPS) is 27.1. The summed E-state index contributed by atoms with van der Waals surface area (Å²) < 4.78 is 77.1. The molecule has 0 aromatic rings. The van der Waals surface area contributed by atoms with Crippen LogP contribution in [0.5, 0.6) is 0 Å². The van der Waals surface area contributed by atoms with Gasteiger partial charge >= 0.3 is 12.1 Å². The first-order valence-corrected chi connectivity index (χ1v) is 15.0. The van der Waals surface area contributed by atoms with Gasteiger partial charge in [0.1, 0.15) is 12.1 Å². The lowest BCUT2D eigenvalue weighted by Gasteiger charge is -2.36. The molecular formula is C25H36F4N4O6S.